The average molecular weight is 453 g/mol. The van der Waals surface area contributed by atoms with Crippen molar-refractivity contribution in [3.8, 4) is 11.8 Å². The second-order valence-electron chi connectivity index (χ2n) is 9.09. The number of nitrogens with one attached hydrogen (secondary N) is 2. The standard InChI is InChI=1S/C26H19N3O5/c1-11-24(31)16(30)10-17(34-11)29-15-9-5-3-7-13(15)19-21-20(25(32)28-26(21)33)18-12-6-2-4-8-14(12)27-22(18)23(19)29/h3,5,7,9,11,17,24,27,31H,2,6,10H2,1H3,(H,28,32,33)/t11-,17-,24-/m1/s1. The maximum Gasteiger partial charge on any atom is 0.259 e. The van der Waals surface area contributed by atoms with Gasteiger partial charge in [-0.15, -0.1) is 0 Å². The van der Waals surface area contributed by atoms with E-state index in [1.807, 2.05) is 28.8 Å². The number of fused-ring (bicyclic) bond motifs is 10. The molecule has 0 spiro atoms. The summed E-state index contributed by atoms with van der Waals surface area (Å²) in [4.78, 5) is 42.1. The number of Topliss-reactive ketones (excluding diaryl/α,β-unsaturated/α-hetero) is 1. The zero-order chi connectivity index (χ0) is 23.3. The number of carbonyl (C=O) groups excluding carboxylic acids is 3. The zero-order valence-corrected chi connectivity index (χ0v) is 18.2. The minimum atomic E-state index is -1.18. The molecular weight excluding hydrogens is 434 g/mol. The second kappa shape index (κ2) is 6.56. The van der Waals surface area contributed by atoms with E-state index in [0.29, 0.717) is 45.8 Å². The summed E-state index contributed by atoms with van der Waals surface area (Å²) in [6.07, 6.45) is -1.21. The van der Waals surface area contributed by atoms with Crippen LogP contribution in [0.5, 0.6) is 0 Å². The summed E-state index contributed by atoms with van der Waals surface area (Å²) >= 11 is 0. The Kier molecular flexibility index (Phi) is 3.77. The molecule has 1 aliphatic carbocycles. The van der Waals surface area contributed by atoms with Crippen molar-refractivity contribution >= 4 is 50.3 Å². The van der Waals surface area contributed by atoms with Gasteiger partial charge in [-0.2, -0.15) is 0 Å². The topological polar surface area (TPSA) is 113 Å². The van der Waals surface area contributed by atoms with Gasteiger partial charge in [0.25, 0.3) is 11.8 Å². The Labute approximate surface area is 192 Å². The number of benzene rings is 2. The van der Waals surface area contributed by atoms with Gasteiger partial charge < -0.3 is 19.4 Å². The van der Waals surface area contributed by atoms with Crippen molar-refractivity contribution in [1.82, 2.24) is 14.9 Å². The number of amides is 2. The van der Waals surface area contributed by atoms with Crippen molar-refractivity contribution in [1.29, 1.82) is 0 Å². The van der Waals surface area contributed by atoms with Gasteiger partial charge in [-0.3, -0.25) is 19.7 Å². The first-order valence-corrected chi connectivity index (χ1v) is 11.3. The van der Waals surface area contributed by atoms with E-state index in [0.717, 1.165) is 22.2 Å². The Bertz CT molecular complexity index is 1700. The molecular formula is C26H19N3O5. The zero-order valence-electron chi connectivity index (χ0n) is 18.2. The van der Waals surface area contributed by atoms with Crippen LogP contribution >= 0.6 is 0 Å². The molecule has 1 fully saturated rings. The predicted octanol–water partition coefficient (Wildman–Crippen LogP) is 2.69. The number of hydrogen-bond acceptors (Lipinski definition) is 5. The lowest BCUT2D eigenvalue weighted by molar-refractivity contribution is -0.164. The summed E-state index contributed by atoms with van der Waals surface area (Å²) in [5, 5.41) is 14.8. The summed E-state index contributed by atoms with van der Waals surface area (Å²) in [6.45, 7) is 1.67. The largest absolute Gasteiger partial charge is 0.383 e. The van der Waals surface area contributed by atoms with E-state index in [9.17, 15) is 19.5 Å². The fraction of sp³-hybridized carbons (Fsp3) is 0.269. The van der Waals surface area contributed by atoms with Crippen molar-refractivity contribution in [3.05, 3.63) is 46.6 Å². The molecule has 2 amide bonds. The van der Waals surface area contributed by atoms with E-state index in [1.165, 1.54) is 0 Å². The Morgan fingerprint density at radius 2 is 1.88 bits per heavy atom. The number of aliphatic hydroxyl groups is 1. The van der Waals surface area contributed by atoms with Crippen LogP contribution in [0, 0.1) is 11.8 Å². The van der Waals surface area contributed by atoms with E-state index in [2.05, 4.69) is 22.1 Å². The van der Waals surface area contributed by atoms with Crippen molar-refractivity contribution < 1.29 is 24.2 Å². The minimum Gasteiger partial charge on any atom is -0.383 e. The molecule has 7 rings (SSSR count). The van der Waals surface area contributed by atoms with Crippen LogP contribution in [0.2, 0.25) is 0 Å². The number of rotatable bonds is 1. The van der Waals surface area contributed by atoms with Crippen LogP contribution in [-0.4, -0.2) is 44.5 Å². The van der Waals surface area contributed by atoms with E-state index in [4.69, 9.17) is 4.74 Å². The summed E-state index contributed by atoms with van der Waals surface area (Å²) in [5.74, 6) is 5.10. The molecule has 1 saturated heterocycles. The third-order valence-electron chi connectivity index (χ3n) is 7.21. The van der Waals surface area contributed by atoms with Gasteiger partial charge in [-0.25, -0.2) is 0 Å². The number of hydrogen-bond donors (Lipinski definition) is 3. The van der Waals surface area contributed by atoms with Crippen molar-refractivity contribution in [2.24, 2.45) is 0 Å². The van der Waals surface area contributed by atoms with Gasteiger partial charge in [0.05, 0.1) is 45.9 Å². The van der Waals surface area contributed by atoms with Crippen LogP contribution in [0.25, 0.3) is 32.7 Å². The SMILES string of the molecule is C[C@H]1O[C@@H](n2c3ccccc3c3c4c(c5c6c([nH]c5c32)C#CCC6)C(=O)NC4=O)CC(=O)[C@@H]1O. The molecule has 2 aliphatic heterocycles. The van der Waals surface area contributed by atoms with Crippen molar-refractivity contribution in [2.45, 2.75) is 44.6 Å². The summed E-state index contributed by atoms with van der Waals surface area (Å²) in [7, 11) is 0. The molecule has 3 aliphatic rings. The fourth-order valence-corrected chi connectivity index (χ4v) is 5.76. The number of H-pyrrole nitrogens is 1. The van der Waals surface area contributed by atoms with Crippen LogP contribution < -0.4 is 5.32 Å². The van der Waals surface area contributed by atoms with Gasteiger partial charge in [0.2, 0.25) is 0 Å². The van der Waals surface area contributed by atoms with Crippen LogP contribution in [0.3, 0.4) is 0 Å². The molecule has 168 valence electrons. The van der Waals surface area contributed by atoms with E-state index in [1.54, 1.807) is 6.92 Å². The molecule has 8 nitrogen and oxygen atoms in total. The molecule has 0 saturated carbocycles. The number of aryl methyl sites for hydroxylation is 1. The number of ether oxygens (including phenoxy) is 1. The van der Waals surface area contributed by atoms with Crippen LogP contribution in [-0.2, 0) is 16.0 Å². The van der Waals surface area contributed by atoms with Crippen LogP contribution in [0.4, 0.5) is 0 Å². The summed E-state index contributed by atoms with van der Waals surface area (Å²) in [6, 6.07) is 7.58. The van der Waals surface area contributed by atoms with Gasteiger partial charge >= 0.3 is 0 Å². The number of imide groups is 1. The molecule has 4 heterocycles. The molecule has 0 radical (unpaired) electrons. The predicted molar refractivity (Wildman–Crippen MR) is 124 cm³/mol. The van der Waals surface area contributed by atoms with Gasteiger partial charge in [-0.1, -0.05) is 24.1 Å². The van der Waals surface area contributed by atoms with E-state index >= 15 is 0 Å². The molecule has 2 aromatic heterocycles. The summed E-state index contributed by atoms with van der Waals surface area (Å²) < 4.78 is 8.06. The van der Waals surface area contributed by atoms with Gasteiger partial charge in [0.1, 0.15) is 12.3 Å². The lowest BCUT2D eigenvalue weighted by atomic mass is 9.93. The van der Waals surface area contributed by atoms with Crippen LogP contribution in [0.1, 0.15) is 58.0 Å². The van der Waals surface area contributed by atoms with Crippen LogP contribution in [0.15, 0.2) is 24.3 Å². The lowest BCUT2D eigenvalue weighted by Gasteiger charge is -2.32. The smallest absolute Gasteiger partial charge is 0.259 e. The highest BCUT2D eigenvalue weighted by molar-refractivity contribution is 6.37. The first kappa shape index (κ1) is 19.5. The maximum atomic E-state index is 13.1. The number of aromatic nitrogens is 2. The number of aromatic amines is 1. The van der Waals surface area contributed by atoms with Gasteiger partial charge in [0.15, 0.2) is 5.78 Å². The van der Waals surface area contributed by atoms with Gasteiger partial charge in [-0.05, 0) is 30.9 Å². The molecule has 2 aromatic carbocycles. The number of carbonyl (C=O) groups is 3. The third kappa shape index (κ3) is 2.32. The summed E-state index contributed by atoms with van der Waals surface area (Å²) in [5.41, 5.74) is 4.56. The van der Waals surface area contributed by atoms with Crippen molar-refractivity contribution in [2.75, 3.05) is 0 Å². The Balaban J connectivity index is 1.70. The average Bonchev–Trinajstić information content (AvgIpc) is 3.46. The van der Waals surface area contributed by atoms with Gasteiger partial charge in [0, 0.05) is 22.6 Å². The minimum absolute atomic E-state index is 0.0107. The first-order valence-electron chi connectivity index (χ1n) is 11.3. The normalized spacial score (nSPS) is 23.8. The number of nitrogens with zero attached hydrogens (tertiary/aromatic N) is 1. The highest BCUT2D eigenvalue weighted by atomic mass is 16.5. The molecule has 8 heteroatoms. The lowest BCUT2D eigenvalue weighted by Crippen LogP contribution is -2.42. The number of aliphatic hydroxyl groups excluding tert-OH is 1. The molecule has 3 N–H and O–H groups in total. The Hall–Kier alpha value is -3.93. The monoisotopic (exact) mass is 453 g/mol. The third-order valence-corrected chi connectivity index (χ3v) is 7.21. The Morgan fingerprint density at radius 3 is 2.68 bits per heavy atom. The van der Waals surface area contributed by atoms with E-state index < -0.39 is 30.3 Å². The number of para-hydroxylation sites is 1. The molecule has 0 bridgehead atoms. The molecule has 0 unspecified atom stereocenters. The van der Waals surface area contributed by atoms with E-state index in [-0.39, 0.29) is 12.2 Å². The molecule has 4 aromatic rings. The quantitative estimate of drug-likeness (QED) is 0.303. The molecule has 3 atom stereocenters. The number of ketones is 1. The van der Waals surface area contributed by atoms with Crippen molar-refractivity contribution in [3.63, 3.8) is 0 Å². The molecule has 34 heavy (non-hydrogen) atoms. The first-order chi connectivity index (χ1) is 16.5. The second-order valence-corrected chi connectivity index (χ2v) is 9.09. The Morgan fingerprint density at radius 1 is 1.12 bits per heavy atom. The highest BCUT2D eigenvalue weighted by Crippen LogP contribution is 2.45. The fourth-order valence-electron chi connectivity index (χ4n) is 5.76. The highest BCUT2D eigenvalue weighted by Gasteiger charge is 2.40. The maximum absolute atomic E-state index is 13.1.